The average molecular weight is 390 g/mol. The van der Waals surface area contributed by atoms with E-state index in [4.69, 9.17) is 11.6 Å². The number of carboxylic acid groups (broad SMARTS) is 1. The molecule has 0 radical (unpaired) electrons. The van der Waals surface area contributed by atoms with Crippen LogP contribution < -0.4 is 5.32 Å². The fourth-order valence-corrected chi connectivity index (χ4v) is 3.19. The molecule has 2 aromatic rings. The summed E-state index contributed by atoms with van der Waals surface area (Å²) >= 11 is 5.91. The second-order valence-electron chi connectivity index (χ2n) is 7.99. The molecular formula is C20H24ClN3O3. The molecule has 1 amide bonds. The molecule has 0 spiro atoms. The van der Waals surface area contributed by atoms with Crippen molar-refractivity contribution in [1.29, 1.82) is 0 Å². The maximum Gasteiger partial charge on any atom is 0.305 e. The summed E-state index contributed by atoms with van der Waals surface area (Å²) in [7, 11) is 0. The Bertz CT molecular complexity index is 848. The van der Waals surface area contributed by atoms with E-state index in [0.717, 1.165) is 18.5 Å². The van der Waals surface area contributed by atoms with E-state index in [1.807, 2.05) is 10.7 Å². The fraction of sp³-hybridized carbons (Fsp3) is 0.450. The van der Waals surface area contributed by atoms with Crippen molar-refractivity contribution in [3.05, 3.63) is 52.3 Å². The minimum absolute atomic E-state index is 0.219. The molecule has 1 aromatic heterocycles. The van der Waals surface area contributed by atoms with Gasteiger partial charge in [-0.15, -0.1) is 0 Å². The van der Waals surface area contributed by atoms with E-state index in [0.29, 0.717) is 22.2 Å². The van der Waals surface area contributed by atoms with Crippen molar-refractivity contribution in [2.45, 2.75) is 57.5 Å². The average Bonchev–Trinajstić information content (AvgIpc) is 3.31. The second-order valence-corrected chi connectivity index (χ2v) is 8.42. The lowest BCUT2D eigenvalue weighted by molar-refractivity contribution is -0.137. The molecular weight excluding hydrogens is 366 g/mol. The zero-order valence-corrected chi connectivity index (χ0v) is 16.5. The monoisotopic (exact) mass is 389 g/mol. The molecule has 1 aliphatic rings. The van der Waals surface area contributed by atoms with Gasteiger partial charge in [-0.1, -0.05) is 23.7 Å². The smallest absolute Gasteiger partial charge is 0.305 e. The standard InChI is InChI=1S/C20H24ClN3O3/c1-20(2,3)24-17(13-4-5-13)10-16(23-24)19(27)22-15(11-18(25)26)12-6-8-14(21)9-7-12/h6-10,13,15H,4-5,11H2,1-3H3,(H,22,27)(H,25,26)/t15-/m0/s1. The molecule has 0 aliphatic heterocycles. The third-order valence-corrected chi connectivity index (χ3v) is 4.81. The largest absolute Gasteiger partial charge is 0.481 e. The molecule has 0 unspecified atom stereocenters. The Morgan fingerprint density at radius 3 is 2.44 bits per heavy atom. The number of hydrogen-bond donors (Lipinski definition) is 2. The number of hydrogen-bond acceptors (Lipinski definition) is 3. The van der Waals surface area contributed by atoms with Gasteiger partial charge in [0.1, 0.15) is 5.69 Å². The van der Waals surface area contributed by atoms with Gasteiger partial charge in [-0.25, -0.2) is 0 Å². The number of benzene rings is 1. The summed E-state index contributed by atoms with van der Waals surface area (Å²) in [6, 6.07) is 7.97. The Balaban J connectivity index is 1.85. The maximum atomic E-state index is 12.8. The molecule has 7 heteroatoms. The van der Waals surface area contributed by atoms with Crippen LogP contribution in [0.3, 0.4) is 0 Å². The summed E-state index contributed by atoms with van der Waals surface area (Å²) in [5, 5.41) is 17.1. The highest BCUT2D eigenvalue weighted by Gasteiger charge is 2.33. The number of aromatic nitrogens is 2. The maximum absolute atomic E-state index is 12.8. The van der Waals surface area contributed by atoms with Crippen LogP contribution in [-0.4, -0.2) is 26.8 Å². The summed E-state index contributed by atoms with van der Waals surface area (Å²) < 4.78 is 1.91. The quantitative estimate of drug-likeness (QED) is 0.778. The number of amides is 1. The van der Waals surface area contributed by atoms with Crippen molar-refractivity contribution in [3.63, 3.8) is 0 Å². The number of carbonyl (C=O) groups excluding carboxylic acids is 1. The lowest BCUT2D eigenvalue weighted by atomic mass is 10.0. The number of rotatable bonds is 6. The first-order valence-electron chi connectivity index (χ1n) is 9.03. The minimum atomic E-state index is -0.992. The van der Waals surface area contributed by atoms with Crippen LogP contribution in [0.5, 0.6) is 0 Å². The molecule has 27 heavy (non-hydrogen) atoms. The molecule has 6 nitrogen and oxygen atoms in total. The normalized spacial score (nSPS) is 15.4. The zero-order chi connectivity index (χ0) is 19.8. The summed E-state index contributed by atoms with van der Waals surface area (Å²) in [5.41, 5.74) is 1.84. The van der Waals surface area contributed by atoms with Crippen LogP contribution in [0.25, 0.3) is 0 Å². The van der Waals surface area contributed by atoms with Gasteiger partial charge in [-0.05, 0) is 57.4 Å². The van der Waals surface area contributed by atoms with Crippen molar-refractivity contribution in [2.24, 2.45) is 0 Å². The Morgan fingerprint density at radius 1 is 1.30 bits per heavy atom. The molecule has 1 fully saturated rings. The predicted octanol–water partition coefficient (Wildman–Crippen LogP) is 4.11. The van der Waals surface area contributed by atoms with Crippen LogP contribution in [0, 0.1) is 0 Å². The Morgan fingerprint density at radius 2 is 1.93 bits per heavy atom. The van der Waals surface area contributed by atoms with Crippen molar-refractivity contribution in [1.82, 2.24) is 15.1 Å². The van der Waals surface area contributed by atoms with E-state index in [1.54, 1.807) is 24.3 Å². The second kappa shape index (κ2) is 7.35. The van der Waals surface area contributed by atoms with Gasteiger partial charge in [0, 0.05) is 16.6 Å². The lowest BCUT2D eigenvalue weighted by Crippen LogP contribution is -2.31. The molecule has 3 rings (SSSR count). The summed E-state index contributed by atoms with van der Waals surface area (Å²) in [6.07, 6.45) is 1.99. The highest BCUT2D eigenvalue weighted by molar-refractivity contribution is 6.30. The molecule has 1 saturated carbocycles. The third kappa shape index (κ3) is 4.69. The van der Waals surface area contributed by atoms with Gasteiger partial charge < -0.3 is 10.4 Å². The van der Waals surface area contributed by atoms with Crippen LogP contribution in [-0.2, 0) is 10.3 Å². The van der Waals surface area contributed by atoms with Crippen LogP contribution in [0.1, 0.15) is 73.7 Å². The van der Waals surface area contributed by atoms with Crippen molar-refractivity contribution in [3.8, 4) is 0 Å². The Labute approximate surface area is 163 Å². The molecule has 1 aliphatic carbocycles. The number of nitrogens with zero attached hydrogens (tertiary/aromatic N) is 2. The van der Waals surface area contributed by atoms with Gasteiger partial charge in [-0.2, -0.15) is 5.10 Å². The van der Waals surface area contributed by atoms with Crippen molar-refractivity contribution >= 4 is 23.5 Å². The Kier molecular flexibility index (Phi) is 5.29. The molecule has 1 aromatic carbocycles. The van der Waals surface area contributed by atoms with Crippen LogP contribution in [0.2, 0.25) is 5.02 Å². The van der Waals surface area contributed by atoms with Gasteiger partial charge >= 0.3 is 5.97 Å². The van der Waals surface area contributed by atoms with Gasteiger partial charge in [0.15, 0.2) is 0 Å². The van der Waals surface area contributed by atoms with Crippen LogP contribution >= 0.6 is 11.6 Å². The van der Waals surface area contributed by atoms with Gasteiger partial charge in [0.05, 0.1) is 18.0 Å². The summed E-state index contributed by atoms with van der Waals surface area (Å²) in [4.78, 5) is 24.1. The van der Waals surface area contributed by atoms with Crippen LogP contribution in [0.15, 0.2) is 30.3 Å². The molecule has 0 saturated heterocycles. The predicted molar refractivity (Wildman–Crippen MR) is 103 cm³/mol. The lowest BCUT2D eigenvalue weighted by Gasteiger charge is -2.22. The molecule has 0 bridgehead atoms. The highest BCUT2D eigenvalue weighted by atomic mass is 35.5. The number of aliphatic carboxylic acids is 1. The van der Waals surface area contributed by atoms with Gasteiger partial charge in [-0.3, -0.25) is 14.3 Å². The first kappa shape index (κ1) is 19.4. The van der Waals surface area contributed by atoms with Gasteiger partial charge in [0.2, 0.25) is 0 Å². The van der Waals surface area contributed by atoms with Crippen LogP contribution in [0.4, 0.5) is 0 Å². The van der Waals surface area contributed by atoms with E-state index in [2.05, 4.69) is 31.2 Å². The zero-order valence-electron chi connectivity index (χ0n) is 15.7. The first-order valence-corrected chi connectivity index (χ1v) is 9.41. The fourth-order valence-electron chi connectivity index (χ4n) is 3.07. The number of carboxylic acids is 1. The molecule has 144 valence electrons. The number of nitrogens with one attached hydrogen (secondary N) is 1. The third-order valence-electron chi connectivity index (χ3n) is 4.56. The minimum Gasteiger partial charge on any atom is -0.481 e. The molecule has 1 atom stereocenters. The first-order chi connectivity index (χ1) is 12.6. The van der Waals surface area contributed by atoms with E-state index in [9.17, 15) is 14.7 Å². The number of carbonyl (C=O) groups is 2. The van der Waals surface area contributed by atoms with E-state index >= 15 is 0 Å². The topological polar surface area (TPSA) is 84.2 Å². The van der Waals surface area contributed by atoms with E-state index in [1.165, 1.54) is 0 Å². The van der Waals surface area contributed by atoms with Crippen molar-refractivity contribution < 1.29 is 14.7 Å². The highest BCUT2D eigenvalue weighted by Crippen LogP contribution is 2.41. The summed E-state index contributed by atoms with van der Waals surface area (Å²) in [5.74, 6) is -0.917. The van der Waals surface area contributed by atoms with Crippen molar-refractivity contribution in [2.75, 3.05) is 0 Å². The molecule has 2 N–H and O–H groups in total. The summed E-state index contributed by atoms with van der Waals surface area (Å²) in [6.45, 7) is 6.15. The van der Waals surface area contributed by atoms with E-state index < -0.39 is 12.0 Å². The Hall–Kier alpha value is -2.34. The van der Waals surface area contributed by atoms with Gasteiger partial charge in [0.25, 0.3) is 5.91 Å². The SMILES string of the molecule is CC(C)(C)n1nc(C(=O)N[C@@H](CC(=O)O)c2ccc(Cl)cc2)cc1C1CC1. The number of halogens is 1. The van der Waals surface area contributed by atoms with E-state index in [-0.39, 0.29) is 17.9 Å². The molecule has 1 heterocycles.